The minimum absolute atomic E-state index is 0.142. The van der Waals surface area contributed by atoms with Crippen LogP contribution >= 0.6 is 0 Å². The predicted octanol–water partition coefficient (Wildman–Crippen LogP) is 4.42. The Bertz CT molecular complexity index is 953. The van der Waals surface area contributed by atoms with Crippen LogP contribution in [0.3, 0.4) is 0 Å². The average Bonchev–Trinajstić information content (AvgIpc) is 3.17. The zero-order chi connectivity index (χ0) is 20.8. The number of amides is 1. The van der Waals surface area contributed by atoms with Gasteiger partial charge in [-0.15, -0.1) is 5.10 Å². The lowest BCUT2D eigenvalue weighted by atomic mass is 10.1. The fraction of sp³-hybridized carbons (Fsp3) is 0.273. The number of fused-ring (bicyclic) bond motifs is 1. The summed E-state index contributed by atoms with van der Waals surface area (Å²) in [5.74, 6) is -0.338. The number of rotatable bonds is 4. The van der Waals surface area contributed by atoms with Crippen LogP contribution < -0.4 is 4.74 Å². The minimum Gasteiger partial charge on any atom is -0.472 e. The van der Waals surface area contributed by atoms with Crippen molar-refractivity contribution < 1.29 is 18.3 Å². The summed E-state index contributed by atoms with van der Waals surface area (Å²) in [7, 11) is 0. The standard InChI is InChI=1S/C20H17F2N3O2.C2H6/c21-16-5-1-14(2-6-16)13-27-19-11-18-12-24(9-10-25(18)23-19)20(26)15-3-7-17(22)8-4-15;1-2/h1-8,11H,9-10,12-13H2;1-2H3. The van der Waals surface area contributed by atoms with Gasteiger partial charge in [-0.25, -0.2) is 8.78 Å². The SMILES string of the molecule is CC.O=C(c1ccc(F)cc1)N1CCn2nc(OCc3ccc(F)cc3)cc2C1. The third-order valence-electron chi connectivity index (χ3n) is 4.45. The van der Waals surface area contributed by atoms with Crippen molar-refractivity contribution in [1.29, 1.82) is 0 Å². The van der Waals surface area contributed by atoms with E-state index in [-0.39, 0.29) is 24.1 Å². The minimum atomic E-state index is -0.369. The molecule has 1 aromatic heterocycles. The Balaban J connectivity index is 0.00000117. The quantitative estimate of drug-likeness (QED) is 0.652. The van der Waals surface area contributed by atoms with E-state index >= 15 is 0 Å². The number of carbonyl (C=O) groups excluding carboxylic acids is 1. The van der Waals surface area contributed by atoms with Gasteiger partial charge in [0.25, 0.3) is 5.91 Å². The second-order valence-corrected chi connectivity index (χ2v) is 6.35. The normalized spacial score (nSPS) is 12.6. The van der Waals surface area contributed by atoms with Gasteiger partial charge >= 0.3 is 0 Å². The Kier molecular flexibility index (Phi) is 6.59. The number of nitrogens with zero attached hydrogens (tertiary/aromatic N) is 3. The first-order valence-corrected chi connectivity index (χ1v) is 9.57. The van der Waals surface area contributed by atoms with Gasteiger partial charge in [0, 0.05) is 18.2 Å². The van der Waals surface area contributed by atoms with E-state index < -0.39 is 0 Å². The Hall–Kier alpha value is -3.22. The van der Waals surface area contributed by atoms with E-state index in [2.05, 4.69) is 5.10 Å². The second kappa shape index (κ2) is 9.32. The molecule has 0 N–H and O–H groups in total. The molecule has 0 radical (unpaired) electrons. The molecule has 29 heavy (non-hydrogen) atoms. The van der Waals surface area contributed by atoms with Crippen LogP contribution in [0.1, 0.15) is 35.5 Å². The molecule has 1 aliphatic heterocycles. The van der Waals surface area contributed by atoms with E-state index in [0.29, 0.717) is 31.1 Å². The summed E-state index contributed by atoms with van der Waals surface area (Å²) in [6, 6.07) is 13.4. The van der Waals surface area contributed by atoms with Crippen LogP contribution in [-0.2, 0) is 19.7 Å². The lowest BCUT2D eigenvalue weighted by Crippen LogP contribution is -2.38. The summed E-state index contributed by atoms with van der Waals surface area (Å²) >= 11 is 0. The van der Waals surface area contributed by atoms with E-state index in [0.717, 1.165) is 11.3 Å². The second-order valence-electron chi connectivity index (χ2n) is 6.35. The van der Waals surface area contributed by atoms with Crippen molar-refractivity contribution in [2.75, 3.05) is 6.54 Å². The van der Waals surface area contributed by atoms with E-state index in [1.807, 2.05) is 18.5 Å². The Morgan fingerprint density at radius 2 is 1.62 bits per heavy atom. The summed E-state index contributed by atoms with van der Waals surface area (Å²) in [4.78, 5) is 14.3. The van der Waals surface area contributed by atoms with Gasteiger partial charge in [0.1, 0.15) is 18.2 Å². The van der Waals surface area contributed by atoms with Gasteiger partial charge in [0.05, 0.1) is 18.8 Å². The molecule has 5 nitrogen and oxygen atoms in total. The fourth-order valence-electron chi connectivity index (χ4n) is 3.00. The smallest absolute Gasteiger partial charge is 0.254 e. The molecule has 7 heteroatoms. The van der Waals surface area contributed by atoms with Gasteiger partial charge in [0.15, 0.2) is 0 Å². The molecule has 0 aliphatic carbocycles. The number of hydrogen-bond donors (Lipinski definition) is 0. The number of hydrogen-bond acceptors (Lipinski definition) is 3. The summed E-state index contributed by atoms with van der Waals surface area (Å²) < 4.78 is 33.5. The summed E-state index contributed by atoms with van der Waals surface area (Å²) in [6.07, 6.45) is 0. The summed E-state index contributed by atoms with van der Waals surface area (Å²) in [5.41, 5.74) is 2.17. The van der Waals surface area contributed by atoms with Crippen LogP contribution in [0.5, 0.6) is 5.88 Å². The van der Waals surface area contributed by atoms with Crippen molar-refractivity contribution in [2.45, 2.75) is 33.5 Å². The van der Waals surface area contributed by atoms with Crippen molar-refractivity contribution in [2.24, 2.45) is 0 Å². The first-order chi connectivity index (χ1) is 14.1. The monoisotopic (exact) mass is 399 g/mol. The van der Waals surface area contributed by atoms with E-state index in [1.165, 1.54) is 36.4 Å². The molecule has 0 saturated heterocycles. The highest BCUT2D eigenvalue weighted by Gasteiger charge is 2.23. The zero-order valence-corrected chi connectivity index (χ0v) is 16.4. The lowest BCUT2D eigenvalue weighted by Gasteiger charge is -2.27. The van der Waals surface area contributed by atoms with Crippen LogP contribution in [0.4, 0.5) is 8.78 Å². The third-order valence-corrected chi connectivity index (χ3v) is 4.45. The van der Waals surface area contributed by atoms with E-state index in [4.69, 9.17) is 4.74 Å². The summed E-state index contributed by atoms with van der Waals surface area (Å²) in [5, 5.41) is 4.39. The van der Waals surface area contributed by atoms with Gasteiger partial charge < -0.3 is 9.64 Å². The van der Waals surface area contributed by atoms with Crippen molar-refractivity contribution in [1.82, 2.24) is 14.7 Å². The Labute approximate surface area is 168 Å². The number of benzene rings is 2. The van der Waals surface area contributed by atoms with Crippen molar-refractivity contribution >= 4 is 5.91 Å². The molecule has 0 spiro atoms. The highest BCUT2D eigenvalue weighted by molar-refractivity contribution is 5.94. The first-order valence-electron chi connectivity index (χ1n) is 9.57. The lowest BCUT2D eigenvalue weighted by molar-refractivity contribution is 0.0706. The van der Waals surface area contributed by atoms with E-state index in [9.17, 15) is 13.6 Å². The van der Waals surface area contributed by atoms with E-state index in [1.54, 1.807) is 23.1 Å². The van der Waals surface area contributed by atoms with Crippen molar-refractivity contribution in [3.63, 3.8) is 0 Å². The molecule has 0 atom stereocenters. The molecule has 0 unspecified atom stereocenters. The summed E-state index contributed by atoms with van der Waals surface area (Å²) in [6.45, 7) is 5.77. The van der Waals surface area contributed by atoms with Gasteiger partial charge in [-0.2, -0.15) is 0 Å². The van der Waals surface area contributed by atoms with Gasteiger partial charge in [0.2, 0.25) is 5.88 Å². The van der Waals surface area contributed by atoms with Crippen LogP contribution in [-0.4, -0.2) is 27.1 Å². The molecular formula is C22H23F2N3O2. The maximum Gasteiger partial charge on any atom is 0.254 e. The van der Waals surface area contributed by atoms with Gasteiger partial charge in [-0.1, -0.05) is 26.0 Å². The molecule has 152 valence electrons. The van der Waals surface area contributed by atoms with Crippen molar-refractivity contribution in [3.05, 3.63) is 83.1 Å². The molecule has 2 heterocycles. The maximum atomic E-state index is 13.0. The number of halogens is 2. The van der Waals surface area contributed by atoms with Gasteiger partial charge in [-0.3, -0.25) is 9.48 Å². The molecule has 1 aliphatic rings. The molecule has 0 fully saturated rings. The topological polar surface area (TPSA) is 47.4 Å². The van der Waals surface area contributed by atoms with Crippen LogP contribution in [0.25, 0.3) is 0 Å². The highest BCUT2D eigenvalue weighted by Crippen LogP contribution is 2.20. The van der Waals surface area contributed by atoms with Gasteiger partial charge in [-0.05, 0) is 42.0 Å². The Morgan fingerprint density at radius 1 is 1.00 bits per heavy atom. The third kappa shape index (κ3) is 4.99. The van der Waals surface area contributed by atoms with Crippen LogP contribution in [0.15, 0.2) is 54.6 Å². The first kappa shape index (κ1) is 20.5. The number of carbonyl (C=O) groups is 1. The molecule has 0 bridgehead atoms. The molecule has 1 amide bonds. The average molecular weight is 399 g/mol. The molecule has 4 rings (SSSR count). The molecule has 2 aromatic carbocycles. The Morgan fingerprint density at radius 3 is 2.28 bits per heavy atom. The zero-order valence-electron chi connectivity index (χ0n) is 16.4. The van der Waals surface area contributed by atoms with Crippen LogP contribution in [0, 0.1) is 11.6 Å². The molecule has 0 saturated carbocycles. The highest BCUT2D eigenvalue weighted by atomic mass is 19.1. The molecular weight excluding hydrogens is 376 g/mol. The predicted molar refractivity (Wildman–Crippen MR) is 105 cm³/mol. The van der Waals surface area contributed by atoms with Crippen molar-refractivity contribution in [3.8, 4) is 5.88 Å². The maximum absolute atomic E-state index is 13.0. The largest absolute Gasteiger partial charge is 0.472 e. The number of ether oxygens (including phenoxy) is 1. The fourth-order valence-corrected chi connectivity index (χ4v) is 3.00. The molecule has 3 aromatic rings. The van der Waals surface area contributed by atoms with Crippen LogP contribution in [0.2, 0.25) is 0 Å². The number of aromatic nitrogens is 2.